The Hall–Kier alpha value is -4.06. The molecule has 0 aliphatic heterocycles. The molecule has 6 nitrogen and oxygen atoms in total. The van der Waals surface area contributed by atoms with E-state index in [9.17, 15) is 9.59 Å². The Morgan fingerprint density at radius 3 is 2.37 bits per heavy atom. The molecule has 1 unspecified atom stereocenters. The number of amides is 1. The van der Waals surface area contributed by atoms with E-state index in [1.54, 1.807) is 42.7 Å². The zero-order valence-electron chi connectivity index (χ0n) is 16.3. The number of benzene rings is 2. The molecule has 4 rings (SSSR count). The largest absolute Gasteiger partial charge is 0.467 e. The quantitative estimate of drug-likeness (QED) is 0.516. The van der Waals surface area contributed by atoms with Gasteiger partial charge in [0.1, 0.15) is 0 Å². The van der Waals surface area contributed by atoms with Gasteiger partial charge in [-0.1, -0.05) is 48.5 Å². The molecular formula is C24H19N3O3. The molecule has 0 bridgehead atoms. The van der Waals surface area contributed by atoms with Crippen LogP contribution in [0.4, 0.5) is 0 Å². The van der Waals surface area contributed by atoms with E-state index in [-0.39, 0.29) is 5.91 Å². The molecule has 1 amide bonds. The van der Waals surface area contributed by atoms with Crippen LogP contribution in [0.1, 0.15) is 22.0 Å². The summed E-state index contributed by atoms with van der Waals surface area (Å²) in [5, 5.41) is 3.52. The number of hydrogen-bond donors (Lipinski definition) is 1. The van der Waals surface area contributed by atoms with Crippen molar-refractivity contribution in [2.75, 3.05) is 7.11 Å². The van der Waals surface area contributed by atoms with E-state index in [0.717, 1.165) is 5.56 Å². The maximum absolute atomic E-state index is 13.3. The maximum Gasteiger partial charge on any atom is 0.333 e. The van der Waals surface area contributed by atoms with Gasteiger partial charge in [0.2, 0.25) is 0 Å². The van der Waals surface area contributed by atoms with Crippen LogP contribution in [-0.4, -0.2) is 29.0 Å². The van der Waals surface area contributed by atoms with Crippen molar-refractivity contribution in [1.82, 2.24) is 15.3 Å². The highest BCUT2D eigenvalue weighted by Gasteiger charge is 2.25. The van der Waals surface area contributed by atoms with Gasteiger partial charge in [-0.3, -0.25) is 9.78 Å². The van der Waals surface area contributed by atoms with E-state index in [2.05, 4.69) is 15.3 Å². The Morgan fingerprint density at radius 1 is 0.933 bits per heavy atom. The number of nitrogens with zero attached hydrogens (tertiary/aromatic N) is 2. The Labute approximate surface area is 173 Å². The number of ether oxygens (including phenoxy) is 1. The van der Waals surface area contributed by atoms with Crippen LogP contribution in [0.25, 0.3) is 22.2 Å². The van der Waals surface area contributed by atoms with Crippen LogP contribution >= 0.6 is 0 Å². The molecule has 2 aromatic heterocycles. The standard InChI is InChI=1S/C24H19N3O3/c1-30-24(29)22(17-7-3-2-4-8-17)27-23(28)19-15-21(16-11-13-25-14-12-16)26-20-10-6-5-9-18(19)20/h2-15,22H,1H3,(H,27,28). The second-order valence-electron chi connectivity index (χ2n) is 6.65. The van der Waals surface area contributed by atoms with Crippen molar-refractivity contribution in [3.63, 3.8) is 0 Å². The summed E-state index contributed by atoms with van der Waals surface area (Å²) < 4.78 is 4.91. The third-order valence-electron chi connectivity index (χ3n) is 4.78. The molecule has 0 saturated heterocycles. The van der Waals surface area contributed by atoms with Gasteiger partial charge in [-0.15, -0.1) is 0 Å². The lowest BCUT2D eigenvalue weighted by Crippen LogP contribution is -2.34. The highest BCUT2D eigenvalue weighted by atomic mass is 16.5. The molecule has 1 N–H and O–H groups in total. The SMILES string of the molecule is COC(=O)C(NC(=O)c1cc(-c2ccncc2)nc2ccccc12)c1ccccc1. The van der Waals surface area contributed by atoms with Gasteiger partial charge in [0.05, 0.1) is 23.9 Å². The molecule has 6 heteroatoms. The summed E-state index contributed by atoms with van der Waals surface area (Å²) in [6, 6.07) is 20.9. The second kappa shape index (κ2) is 8.53. The van der Waals surface area contributed by atoms with Crippen molar-refractivity contribution in [1.29, 1.82) is 0 Å². The van der Waals surface area contributed by atoms with Crippen LogP contribution in [0.3, 0.4) is 0 Å². The third-order valence-corrected chi connectivity index (χ3v) is 4.78. The predicted molar refractivity (Wildman–Crippen MR) is 114 cm³/mol. The number of pyridine rings is 2. The van der Waals surface area contributed by atoms with Gasteiger partial charge in [0.25, 0.3) is 5.91 Å². The molecule has 2 heterocycles. The van der Waals surface area contributed by atoms with E-state index in [1.165, 1.54) is 7.11 Å². The average molecular weight is 397 g/mol. The number of carbonyl (C=O) groups is 2. The molecular weight excluding hydrogens is 378 g/mol. The summed E-state index contributed by atoms with van der Waals surface area (Å²) in [5.41, 5.74) is 3.25. The minimum atomic E-state index is -0.917. The zero-order valence-corrected chi connectivity index (χ0v) is 16.3. The normalized spacial score (nSPS) is 11.6. The summed E-state index contributed by atoms with van der Waals surface area (Å²) in [7, 11) is 1.30. The monoisotopic (exact) mass is 397 g/mol. The Kier molecular flexibility index (Phi) is 5.48. The van der Waals surface area contributed by atoms with Crippen LogP contribution in [0.2, 0.25) is 0 Å². The summed E-state index contributed by atoms with van der Waals surface area (Å²) in [6.45, 7) is 0. The van der Waals surface area contributed by atoms with Gasteiger partial charge in [-0.25, -0.2) is 9.78 Å². The van der Waals surface area contributed by atoms with Crippen LogP contribution in [0.5, 0.6) is 0 Å². The third kappa shape index (κ3) is 3.89. The van der Waals surface area contributed by atoms with Gasteiger partial charge in [-0.05, 0) is 29.8 Å². The molecule has 148 valence electrons. The van der Waals surface area contributed by atoms with Crippen LogP contribution in [-0.2, 0) is 9.53 Å². The molecule has 30 heavy (non-hydrogen) atoms. The number of rotatable bonds is 5. The first kappa shape index (κ1) is 19.3. The molecule has 0 aliphatic carbocycles. The number of aromatic nitrogens is 2. The summed E-state index contributed by atoms with van der Waals surface area (Å²) in [6.07, 6.45) is 3.35. The smallest absolute Gasteiger partial charge is 0.333 e. The number of methoxy groups -OCH3 is 1. The topological polar surface area (TPSA) is 81.2 Å². The van der Waals surface area contributed by atoms with E-state index in [0.29, 0.717) is 27.7 Å². The fraction of sp³-hybridized carbons (Fsp3) is 0.0833. The van der Waals surface area contributed by atoms with Gasteiger partial charge in [0, 0.05) is 23.3 Å². The van der Waals surface area contributed by atoms with Gasteiger partial charge >= 0.3 is 5.97 Å². The Bertz CT molecular complexity index is 1190. The van der Waals surface area contributed by atoms with E-state index in [4.69, 9.17) is 4.74 Å². The first-order valence-corrected chi connectivity index (χ1v) is 9.41. The zero-order chi connectivity index (χ0) is 20.9. The minimum Gasteiger partial charge on any atom is -0.467 e. The predicted octanol–water partition coefficient (Wildman–Crippen LogP) is 3.94. The van der Waals surface area contributed by atoms with Crippen LogP contribution in [0, 0.1) is 0 Å². The van der Waals surface area contributed by atoms with E-state index >= 15 is 0 Å². The molecule has 0 saturated carbocycles. The number of hydrogen-bond acceptors (Lipinski definition) is 5. The average Bonchev–Trinajstić information content (AvgIpc) is 2.82. The molecule has 2 aromatic carbocycles. The summed E-state index contributed by atoms with van der Waals surface area (Å²) in [5.74, 6) is -0.926. The minimum absolute atomic E-state index is 0.386. The Morgan fingerprint density at radius 2 is 1.63 bits per heavy atom. The molecule has 0 aliphatic rings. The molecule has 0 radical (unpaired) electrons. The van der Waals surface area contributed by atoms with Crippen molar-refractivity contribution in [3.05, 3.63) is 96.3 Å². The lowest BCUT2D eigenvalue weighted by Gasteiger charge is -2.18. The first-order valence-electron chi connectivity index (χ1n) is 9.41. The highest BCUT2D eigenvalue weighted by molar-refractivity contribution is 6.08. The maximum atomic E-state index is 13.3. The van der Waals surface area contributed by atoms with Crippen LogP contribution in [0.15, 0.2) is 85.2 Å². The number of nitrogens with one attached hydrogen (secondary N) is 1. The summed E-state index contributed by atoms with van der Waals surface area (Å²) in [4.78, 5) is 34.4. The van der Waals surface area contributed by atoms with Gasteiger partial charge in [-0.2, -0.15) is 0 Å². The van der Waals surface area contributed by atoms with Crippen molar-refractivity contribution >= 4 is 22.8 Å². The van der Waals surface area contributed by atoms with E-state index in [1.807, 2.05) is 42.5 Å². The fourth-order valence-corrected chi connectivity index (χ4v) is 3.28. The van der Waals surface area contributed by atoms with Gasteiger partial charge < -0.3 is 10.1 Å². The van der Waals surface area contributed by atoms with Crippen molar-refractivity contribution in [2.24, 2.45) is 0 Å². The number of carbonyl (C=O) groups excluding carboxylic acids is 2. The molecule has 1 atom stereocenters. The van der Waals surface area contributed by atoms with Crippen molar-refractivity contribution in [2.45, 2.75) is 6.04 Å². The molecule has 0 spiro atoms. The Balaban J connectivity index is 1.77. The second-order valence-corrected chi connectivity index (χ2v) is 6.65. The highest BCUT2D eigenvalue weighted by Crippen LogP contribution is 2.25. The molecule has 4 aromatic rings. The number of esters is 1. The van der Waals surface area contributed by atoms with Crippen LogP contribution < -0.4 is 5.32 Å². The summed E-state index contributed by atoms with van der Waals surface area (Å²) >= 11 is 0. The number of para-hydroxylation sites is 1. The first-order chi connectivity index (χ1) is 14.7. The molecule has 0 fully saturated rings. The van der Waals surface area contributed by atoms with Crippen molar-refractivity contribution in [3.8, 4) is 11.3 Å². The fourth-order valence-electron chi connectivity index (χ4n) is 3.28. The lowest BCUT2D eigenvalue weighted by atomic mass is 10.0. The lowest BCUT2D eigenvalue weighted by molar-refractivity contribution is -0.143. The van der Waals surface area contributed by atoms with Crippen molar-refractivity contribution < 1.29 is 14.3 Å². The number of fused-ring (bicyclic) bond motifs is 1. The van der Waals surface area contributed by atoms with E-state index < -0.39 is 12.0 Å². The van der Waals surface area contributed by atoms with Gasteiger partial charge in [0.15, 0.2) is 6.04 Å².